The molecule has 0 saturated heterocycles. The molecular weight excluding hydrogens is 282 g/mol. The van der Waals surface area contributed by atoms with Crippen LogP contribution in [0.2, 0.25) is 0 Å². The van der Waals surface area contributed by atoms with E-state index in [0.717, 1.165) is 5.56 Å². The summed E-state index contributed by atoms with van der Waals surface area (Å²) in [6, 6.07) is 9.67. The van der Waals surface area contributed by atoms with Crippen molar-refractivity contribution in [2.75, 3.05) is 19.7 Å². The van der Waals surface area contributed by atoms with E-state index in [9.17, 15) is 9.59 Å². The number of hydrogen-bond acceptors (Lipinski definition) is 5. The van der Waals surface area contributed by atoms with Crippen molar-refractivity contribution >= 4 is 11.9 Å². The Morgan fingerprint density at radius 2 is 1.64 bits per heavy atom. The van der Waals surface area contributed by atoms with Crippen LogP contribution < -0.4 is 0 Å². The van der Waals surface area contributed by atoms with Gasteiger partial charge in [0.2, 0.25) is 0 Å². The molecule has 1 rings (SSSR count). The fourth-order valence-corrected chi connectivity index (χ4v) is 1.95. The molecular formula is C17H25NO4. The van der Waals surface area contributed by atoms with Crippen molar-refractivity contribution in [1.29, 1.82) is 0 Å². The Morgan fingerprint density at radius 1 is 1.05 bits per heavy atom. The lowest BCUT2D eigenvalue weighted by Crippen LogP contribution is -2.38. The van der Waals surface area contributed by atoms with Gasteiger partial charge < -0.3 is 9.47 Å². The van der Waals surface area contributed by atoms with Crippen LogP contribution in [0.25, 0.3) is 0 Å². The van der Waals surface area contributed by atoms with E-state index in [4.69, 9.17) is 9.47 Å². The van der Waals surface area contributed by atoms with E-state index in [-0.39, 0.29) is 25.0 Å². The third-order valence-electron chi connectivity index (χ3n) is 2.68. The van der Waals surface area contributed by atoms with Gasteiger partial charge in [0.25, 0.3) is 0 Å². The zero-order valence-corrected chi connectivity index (χ0v) is 13.8. The second-order valence-electron chi connectivity index (χ2n) is 6.02. The predicted molar refractivity (Wildman–Crippen MR) is 84.2 cm³/mol. The van der Waals surface area contributed by atoms with Gasteiger partial charge >= 0.3 is 11.9 Å². The number of carbonyl (C=O) groups excluding carboxylic acids is 2. The van der Waals surface area contributed by atoms with Crippen molar-refractivity contribution in [2.45, 2.75) is 39.8 Å². The molecule has 0 amide bonds. The van der Waals surface area contributed by atoms with E-state index in [1.165, 1.54) is 0 Å². The minimum atomic E-state index is -0.542. The zero-order chi connectivity index (χ0) is 16.6. The molecule has 5 nitrogen and oxygen atoms in total. The number of ether oxygens (including phenoxy) is 2. The van der Waals surface area contributed by atoms with E-state index >= 15 is 0 Å². The molecule has 0 fully saturated rings. The first kappa shape index (κ1) is 18.2. The average Bonchev–Trinajstić information content (AvgIpc) is 2.37. The van der Waals surface area contributed by atoms with Crippen LogP contribution in [0.3, 0.4) is 0 Å². The fourth-order valence-electron chi connectivity index (χ4n) is 1.95. The standard InChI is InChI=1S/C17H25NO4/c1-5-21-15(19)12-18(11-14-9-7-6-8-10-14)13-16(20)22-17(2,3)4/h6-10H,5,11-13H2,1-4H3. The van der Waals surface area contributed by atoms with Crippen molar-refractivity contribution in [2.24, 2.45) is 0 Å². The molecule has 22 heavy (non-hydrogen) atoms. The number of esters is 2. The summed E-state index contributed by atoms with van der Waals surface area (Å²) in [7, 11) is 0. The predicted octanol–water partition coefficient (Wildman–Crippen LogP) is 2.39. The molecule has 0 bridgehead atoms. The number of carbonyl (C=O) groups is 2. The van der Waals surface area contributed by atoms with Crippen LogP contribution >= 0.6 is 0 Å². The molecule has 0 N–H and O–H groups in total. The van der Waals surface area contributed by atoms with Crippen LogP contribution in [-0.2, 0) is 25.6 Å². The van der Waals surface area contributed by atoms with Crippen LogP contribution in [-0.4, -0.2) is 42.1 Å². The SMILES string of the molecule is CCOC(=O)CN(CC(=O)OC(C)(C)C)Cc1ccccc1. The van der Waals surface area contributed by atoms with Crippen LogP contribution in [0.4, 0.5) is 0 Å². The first-order chi connectivity index (χ1) is 10.3. The summed E-state index contributed by atoms with van der Waals surface area (Å²) in [4.78, 5) is 25.4. The minimum absolute atomic E-state index is 0.0466. The molecule has 1 aromatic rings. The van der Waals surface area contributed by atoms with Gasteiger partial charge in [0.05, 0.1) is 19.7 Å². The third-order valence-corrected chi connectivity index (χ3v) is 2.68. The Kier molecular flexibility index (Phi) is 7.05. The maximum absolute atomic E-state index is 12.0. The Morgan fingerprint density at radius 3 is 2.18 bits per heavy atom. The first-order valence-corrected chi connectivity index (χ1v) is 7.44. The van der Waals surface area contributed by atoms with Crippen molar-refractivity contribution in [3.8, 4) is 0 Å². The normalized spacial score (nSPS) is 11.3. The molecule has 0 saturated carbocycles. The van der Waals surface area contributed by atoms with E-state index < -0.39 is 5.60 Å². The molecule has 1 aromatic carbocycles. The quantitative estimate of drug-likeness (QED) is 0.724. The Hall–Kier alpha value is -1.88. The maximum Gasteiger partial charge on any atom is 0.320 e. The smallest absolute Gasteiger partial charge is 0.320 e. The molecule has 0 spiro atoms. The van der Waals surface area contributed by atoms with Crippen molar-refractivity contribution in [1.82, 2.24) is 4.90 Å². The van der Waals surface area contributed by atoms with Crippen LogP contribution in [0.15, 0.2) is 30.3 Å². The molecule has 0 radical (unpaired) electrons. The second kappa shape index (κ2) is 8.54. The molecule has 5 heteroatoms. The van der Waals surface area contributed by atoms with Gasteiger partial charge in [-0.15, -0.1) is 0 Å². The molecule has 0 unspecified atom stereocenters. The maximum atomic E-state index is 12.0. The monoisotopic (exact) mass is 307 g/mol. The lowest BCUT2D eigenvalue weighted by atomic mass is 10.2. The van der Waals surface area contributed by atoms with E-state index in [2.05, 4.69) is 0 Å². The van der Waals surface area contributed by atoms with Crippen LogP contribution in [0.1, 0.15) is 33.3 Å². The van der Waals surface area contributed by atoms with Gasteiger partial charge in [-0.1, -0.05) is 30.3 Å². The topological polar surface area (TPSA) is 55.8 Å². The Bertz CT molecular complexity index is 479. The van der Waals surface area contributed by atoms with Crippen LogP contribution in [0.5, 0.6) is 0 Å². The molecule has 0 aliphatic rings. The summed E-state index contributed by atoms with van der Waals surface area (Å²) in [6.45, 7) is 8.12. The molecule has 0 heterocycles. The summed E-state index contributed by atoms with van der Waals surface area (Å²) in [6.07, 6.45) is 0. The Balaban J connectivity index is 2.69. The van der Waals surface area contributed by atoms with Crippen molar-refractivity contribution in [3.63, 3.8) is 0 Å². The number of nitrogens with zero attached hydrogens (tertiary/aromatic N) is 1. The van der Waals surface area contributed by atoms with Crippen molar-refractivity contribution < 1.29 is 19.1 Å². The molecule has 0 aromatic heterocycles. The highest BCUT2D eigenvalue weighted by atomic mass is 16.6. The number of rotatable bonds is 7. The lowest BCUT2D eigenvalue weighted by molar-refractivity contribution is -0.157. The van der Waals surface area contributed by atoms with Gasteiger partial charge in [-0.3, -0.25) is 14.5 Å². The highest BCUT2D eigenvalue weighted by Crippen LogP contribution is 2.09. The third kappa shape index (κ3) is 7.78. The number of benzene rings is 1. The van der Waals surface area contributed by atoms with E-state index in [1.807, 2.05) is 51.1 Å². The summed E-state index contributed by atoms with van der Waals surface area (Å²) >= 11 is 0. The fraction of sp³-hybridized carbons (Fsp3) is 0.529. The van der Waals surface area contributed by atoms with Gasteiger partial charge in [-0.2, -0.15) is 0 Å². The van der Waals surface area contributed by atoms with E-state index in [1.54, 1.807) is 11.8 Å². The number of hydrogen-bond donors (Lipinski definition) is 0. The average molecular weight is 307 g/mol. The highest BCUT2D eigenvalue weighted by Gasteiger charge is 2.21. The lowest BCUT2D eigenvalue weighted by Gasteiger charge is -2.24. The van der Waals surface area contributed by atoms with Gasteiger partial charge in [0.1, 0.15) is 5.60 Å². The largest absolute Gasteiger partial charge is 0.465 e. The Labute approximate surface area is 132 Å². The molecule has 0 aliphatic heterocycles. The van der Waals surface area contributed by atoms with Crippen molar-refractivity contribution in [3.05, 3.63) is 35.9 Å². The molecule has 0 atom stereocenters. The molecule has 122 valence electrons. The minimum Gasteiger partial charge on any atom is -0.465 e. The van der Waals surface area contributed by atoms with E-state index in [0.29, 0.717) is 13.2 Å². The van der Waals surface area contributed by atoms with Crippen LogP contribution in [0, 0.1) is 0 Å². The first-order valence-electron chi connectivity index (χ1n) is 7.44. The van der Waals surface area contributed by atoms with Gasteiger partial charge in [-0.05, 0) is 33.3 Å². The second-order valence-corrected chi connectivity index (χ2v) is 6.02. The summed E-state index contributed by atoms with van der Waals surface area (Å²) in [5.74, 6) is -0.699. The van der Waals surface area contributed by atoms with Gasteiger partial charge in [0, 0.05) is 6.54 Å². The zero-order valence-electron chi connectivity index (χ0n) is 13.8. The molecule has 0 aliphatic carbocycles. The highest BCUT2D eigenvalue weighted by molar-refractivity contribution is 5.75. The van der Waals surface area contributed by atoms with Gasteiger partial charge in [0.15, 0.2) is 0 Å². The summed E-state index contributed by atoms with van der Waals surface area (Å²) in [5, 5.41) is 0. The summed E-state index contributed by atoms with van der Waals surface area (Å²) < 4.78 is 10.3. The summed E-state index contributed by atoms with van der Waals surface area (Å²) in [5.41, 5.74) is 0.481. The van der Waals surface area contributed by atoms with Gasteiger partial charge in [-0.25, -0.2) is 0 Å².